The number of alkyl halides is 2. The first-order valence-electron chi connectivity index (χ1n) is 4.19. The summed E-state index contributed by atoms with van der Waals surface area (Å²) in [7, 11) is 0. The minimum Gasteiger partial charge on any atom is -0.435 e. The predicted octanol–water partition coefficient (Wildman–Crippen LogP) is 3.41. The normalized spacial score (nSPS) is 10.8. The Hall–Kier alpha value is -0.830. The van der Waals surface area contributed by atoms with E-state index in [1.165, 1.54) is 23.7 Å². The fourth-order valence-corrected chi connectivity index (χ4v) is 2.39. The molecule has 0 aliphatic heterocycles. The average molecular weight is 354 g/mol. The van der Waals surface area contributed by atoms with Crippen molar-refractivity contribution >= 4 is 34.1 Å². The van der Waals surface area contributed by atoms with Crippen LogP contribution in [0, 0.1) is 3.83 Å². The molecule has 0 amide bonds. The number of aromatic nitrogens is 2. The molecule has 0 saturated heterocycles. The number of benzene rings is 1. The van der Waals surface area contributed by atoms with Gasteiger partial charge in [0.1, 0.15) is 10.8 Å². The summed E-state index contributed by atoms with van der Waals surface area (Å²) < 4.78 is 33.0. The number of hydrogen-bond donors (Lipinski definition) is 0. The highest BCUT2D eigenvalue weighted by atomic mass is 127. The second kappa shape index (κ2) is 5.00. The molecule has 0 bridgehead atoms. The van der Waals surface area contributed by atoms with Crippen molar-refractivity contribution in [2.75, 3.05) is 0 Å². The Morgan fingerprint density at radius 3 is 2.81 bits per heavy atom. The second-order valence-corrected chi connectivity index (χ2v) is 4.49. The van der Waals surface area contributed by atoms with E-state index in [0.717, 1.165) is 5.56 Å². The molecule has 0 spiro atoms. The van der Waals surface area contributed by atoms with Gasteiger partial charge in [-0.25, -0.2) is 4.98 Å². The molecule has 0 fully saturated rings. The van der Waals surface area contributed by atoms with Gasteiger partial charge in [-0.2, -0.15) is 13.2 Å². The van der Waals surface area contributed by atoms with Crippen molar-refractivity contribution in [2.24, 2.45) is 0 Å². The molecular formula is C9H5F2IN2OS. The van der Waals surface area contributed by atoms with Gasteiger partial charge >= 0.3 is 6.61 Å². The topological polar surface area (TPSA) is 35.0 Å². The number of rotatable bonds is 3. The second-order valence-electron chi connectivity index (χ2n) is 2.77. The van der Waals surface area contributed by atoms with E-state index in [0.29, 0.717) is 8.84 Å². The third-order valence-corrected chi connectivity index (χ3v) is 3.28. The number of ether oxygens (including phenoxy) is 1. The Kier molecular flexibility index (Phi) is 3.64. The molecule has 1 aromatic carbocycles. The van der Waals surface area contributed by atoms with Gasteiger partial charge in [-0.3, -0.25) is 0 Å². The molecule has 0 atom stereocenters. The largest absolute Gasteiger partial charge is 0.435 e. The lowest BCUT2D eigenvalue weighted by molar-refractivity contribution is -0.0498. The van der Waals surface area contributed by atoms with Crippen molar-refractivity contribution in [3.8, 4) is 16.3 Å². The molecule has 1 aromatic heterocycles. The van der Waals surface area contributed by atoms with E-state index in [2.05, 4.69) is 14.1 Å². The van der Waals surface area contributed by atoms with Gasteiger partial charge in [-0.15, -0.1) is 0 Å². The molecule has 0 radical (unpaired) electrons. The van der Waals surface area contributed by atoms with E-state index in [1.54, 1.807) is 12.1 Å². The molecule has 2 aromatic rings. The maximum absolute atomic E-state index is 12.0. The van der Waals surface area contributed by atoms with Crippen molar-refractivity contribution in [2.45, 2.75) is 6.61 Å². The first kappa shape index (κ1) is 11.6. The van der Waals surface area contributed by atoms with E-state index in [1.807, 2.05) is 22.6 Å². The van der Waals surface area contributed by atoms with Crippen LogP contribution in [0.25, 0.3) is 10.6 Å². The van der Waals surface area contributed by atoms with Crippen molar-refractivity contribution in [1.82, 2.24) is 9.36 Å². The zero-order valence-electron chi connectivity index (χ0n) is 7.73. The quantitative estimate of drug-likeness (QED) is 0.793. The van der Waals surface area contributed by atoms with Gasteiger partial charge in [-0.05, 0) is 23.7 Å². The summed E-state index contributed by atoms with van der Waals surface area (Å²) >= 11 is 3.21. The van der Waals surface area contributed by atoms with Gasteiger partial charge in [0.15, 0.2) is 0 Å². The smallest absolute Gasteiger partial charge is 0.387 e. The monoisotopic (exact) mass is 354 g/mol. The van der Waals surface area contributed by atoms with E-state index < -0.39 is 6.61 Å². The zero-order valence-corrected chi connectivity index (χ0v) is 10.7. The van der Waals surface area contributed by atoms with Gasteiger partial charge < -0.3 is 4.74 Å². The van der Waals surface area contributed by atoms with Crippen LogP contribution < -0.4 is 4.74 Å². The summed E-state index contributed by atoms with van der Waals surface area (Å²) in [4.78, 5) is 4.15. The summed E-state index contributed by atoms with van der Waals surface area (Å²) in [6.07, 6.45) is 0. The molecule has 0 N–H and O–H groups in total. The average Bonchev–Trinajstić information content (AvgIpc) is 2.64. The summed E-state index contributed by atoms with van der Waals surface area (Å²) in [6.45, 7) is -2.81. The highest BCUT2D eigenvalue weighted by molar-refractivity contribution is 14.1. The third-order valence-electron chi connectivity index (χ3n) is 1.71. The Morgan fingerprint density at radius 1 is 1.38 bits per heavy atom. The van der Waals surface area contributed by atoms with E-state index in [4.69, 9.17) is 0 Å². The van der Waals surface area contributed by atoms with Crippen LogP contribution in [0.15, 0.2) is 24.3 Å². The van der Waals surface area contributed by atoms with E-state index >= 15 is 0 Å². The molecular weight excluding hydrogens is 349 g/mol. The van der Waals surface area contributed by atoms with Gasteiger partial charge in [0.05, 0.1) is 0 Å². The highest BCUT2D eigenvalue weighted by Gasteiger charge is 2.08. The van der Waals surface area contributed by atoms with Crippen LogP contribution in [0.3, 0.4) is 0 Å². The summed E-state index contributed by atoms with van der Waals surface area (Å²) in [6, 6.07) is 6.40. The molecule has 3 nitrogen and oxygen atoms in total. The van der Waals surface area contributed by atoms with Crippen LogP contribution >= 0.6 is 34.1 Å². The van der Waals surface area contributed by atoms with Crippen LogP contribution in [-0.2, 0) is 0 Å². The molecule has 0 unspecified atom stereocenters. The molecule has 1 heterocycles. The standard InChI is InChI=1S/C9H5F2IN2OS/c10-8(11)15-6-3-1-2-5(4-6)7-13-9(12)14-16-7/h1-4,8H. The summed E-state index contributed by atoms with van der Waals surface area (Å²) in [5.74, 6) is 0.123. The zero-order chi connectivity index (χ0) is 11.5. The molecule has 84 valence electrons. The van der Waals surface area contributed by atoms with Crippen LogP contribution in [0.2, 0.25) is 0 Å². The minimum absolute atomic E-state index is 0.123. The minimum atomic E-state index is -2.81. The lowest BCUT2D eigenvalue weighted by Gasteiger charge is -2.04. The van der Waals surface area contributed by atoms with Gasteiger partial charge in [0.2, 0.25) is 3.83 Å². The SMILES string of the molecule is FC(F)Oc1cccc(-c2nc(I)ns2)c1. The number of hydrogen-bond acceptors (Lipinski definition) is 4. The van der Waals surface area contributed by atoms with Gasteiger partial charge in [0, 0.05) is 28.2 Å². The van der Waals surface area contributed by atoms with E-state index in [-0.39, 0.29) is 5.75 Å². The maximum Gasteiger partial charge on any atom is 0.387 e. The van der Waals surface area contributed by atoms with E-state index in [9.17, 15) is 8.78 Å². The van der Waals surface area contributed by atoms with Crippen molar-refractivity contribution in [1.29, 1.82) is 0 Å². The number of halogens is 3. The van der Waals surface area contributed by atoms with Gasteiger partial charge in [0.25, 0.3) is 0 Å². The van der Waals surface area contributed by atoms with Gasteiger partial charge in [-0.1, -0.05) is 12.1 Å². The Balaban J connectivity index is 2.28. The van der Waals surface area contributed by atoms with Crippen molar-refractivity contribution < 1.29 is 13.5 Å². The Labute approximate surface area is 108 Å². The first-order chi connectivity index (χ1) is 7.65. The maximum atomic E-state index is 12.0. The molecule has 2 rings (SSSR count). The predicted molar refractivity (Wildman–Crippen MR) is 64.7 cm³/mol. The molecule has 0 aliphatic carbocycles. The molecule has 16 heavy (non-hydrogen) atoms. The highest BCUT2D eigenvalue weighted by Crippen LogP contribution is 2.26. The van der Waals surface area contributed by atoms with Crippen molar-refractivity contribution in [3.05, 3.63) is 28.1 Å². The molecule has 0 saturated carbocycles. The van der Waals surface area contributed by atoms with Crippen LogP contribution in [-0.4, -0.2) is 16.0 Å². The fraction of sp³-hybridized carbons (Fsp3) is 0.111. The third kappa shape index (κ3) is 2.85. The lowest BCUT2D eigenvalue weighted by Crippen LogP contribution is -2.01. The molecule has 0 aliphatic rings. The molecule has 7 heteroatoms. The lowest BCUT2D eigenvalue weighted by atomic mass is 10.2. The van der Waals surface area contributed by atoms with Crippen LogP contribution in [0.4, 0.5) is 8.78 Å². The van der Waals surface area contributed by atoms with Crippen molar-refractivity contribution in [3.63, 3.8) is 0 Å². The first-order valence-corrected chi connectivity index (χ1v) is 6.05. The Morgan fingerprint density at radius 2 is 2.19 bits per heavy atom. The summed E-state index contributed by atoms with van der Waals surface area (Å²) in [5, 5.41) is 0.684. The van der Waals surface area contributed by atoms with Crippen LogP contribution in [0.5, 0.6) is 5.75 Å². The van der Waals surface area contributed by atoms with Crippen LogP contribution in [0.1, 0.15) is 0 Å². The number of nitrogens with zero attached hydrogens (tertiary/aromatic N) is 2. The summed E-state index contributed by atoms with van der Waals surface area (Å²) in [5.41, 5.74) is 0.721. The fourth-order valence-electron chi connectivity index (χ4n) is 1.13. The Bertz CT molecular complexity index is 492.